The van der Waals surface area contributed by atoms with Crippen molar-refractivity contribution in [2.45, 2.75) is 102 Å². The molecule has 0 atom stereocenters. The van der Waals surface area contributed by atoms with Crippen LogP contribution in [0.3, 0.4) is 0 Å². The van der Waals surface area contributed by atoms with Gasteiger partial charge >= 0.3 is 6.18 Å². The Morgan fingerprint density at radius 3 is 2.38 bits per heavy atom. The molecular weight excluding hydrogens is 891 g/mol. The van der Waals surface area contributed by atoms with Crippen molar-refractivity contribution in [1.82, 2.24) is 29.6 Å². The lowest BCUT2D eigenvalue weighted by Crippen LogP contribution is -2.57. The van der Waals surface area contributed by atoms with Gasteiger partial charge in [0.25, 0.3) is 5.91 Å². The Balaban J connectivity index is 1.18. The molecule has 2 aliphatic rings. The first-order valence-electron chi connectivity index (χ1n) is 21.2. The van der Waals surface area contributed by atoms with E-state index in [9.17, 15) is 40.8 Å². The average Bonchev–Trinajstić information content (AvgIpc) is 3.85. The van der Waals surface area contributed by atoms with Crippen molar-refractivity contribution in [3.63, 3.8) is 0 Å². The number of halogens is 4. The van der Waals surface area contributed by atoms with E-state index in [1.165, 1.54) is 58.4 Å². The summed E-state index contributed by atoms with van der Waals surface area (Å²) in [5, 5.41) is 12.6. The number of sulfonamides is 1. The summed E-state index contributed by atoms with van der Waals surface area (Å²) in [7, 11) is -0.318. The molecule has 2 aliphatic carbocycles. The van der Waals surface area contributed by atoms with Crippen LogP contribution in [0.15, 0.2) is 59.8 Å². The van der Waals surface area contributed by atoms with Crippen LogP contribution in [0, 0.1) is 11.3 Å². The summed E-state index contributed by atoms with van der Waals surface area (Å²) >= 11 is 7.10. The summed E-state index contributed by atoms with van der Waals surface area (Å²) in [4.78, 5) is 57.2. The van der Waals surface area contributed by atoms with Crippen LogP contribution in [0.1, 0.15) is 109 Å². The lowest BCUT2D eigenvalue weighted by Gasteiger charge is -2.36. The topological polar surface area (TPSA) is 163 Å². The van der Waals surface area contributed by atoms with Gasteiger partial charge in [0.15, 0.2) is 5.78 Å². The summed E-state index contributed by atoms with van der Waals surface area (Å²) in [5.41, 5.74) is -1.04. The minimum Gasteiger partial charge on any atom is -0.353 e. The fraction of sp³-hybridized carbons (Fsp3) is 0.489. The fourth-order valence-electron chi connectivity index (χ4n) is 8.27. The highest BCUT2D eigenvalue weighted by Crippen LogP contribution is 2.45. The van der Waals surface area contributed by atoms with Crippen molar-refractivity contribution in [2.75, 3.05) is 39.0 Å². The molecule has 6 rings (SSSR count). The van der Waals surface area contributed by atoms with E-state index in [0.29, 0.717) is 51.6 Å². The van der Waals surface area contributed by atoms with E-state index in [4.69, 9.17) is 11.6 Å². The number of ketones is 1. The molecule has 2 aromatic heterocycles. The lowest BCUT2D eigenvalue weighted by atomic mass is 9.76. The number of alkyl halides is 3. The van der Waals surface area contributed by atoms with E-state index < -0.39 is 56.0 Å². The number of aromatic nitrogens is 2. The number of amides is 3. The Labute approximate surface area is 381 Å². The third-order valence-electron chi connectivity index (χ3n) is 11.9. The Hall–Kier alpha value is -4.62. The quantitative estimate of drug-likeness (QED) is 0.102. The van der Waals surface area contributed by atoms with Gasteiger partial charge in [0.2, 0.25) is 21.8 Å². The predicted octanol–water partition coefficient (Wildman–Crippen LogP) is 7.75. The number of benzene rings is 2. The number of fused-ring (bicyclic) bond motifs is 1. The lowest BCUT2D eigenvalue weighted by molar-refractivity contribution is -0.137. The molecule has 0 bridgehead atoms. The molecule has 4 aromatic rings. The monoisotopic (exact) mass is 945 g/mol. The number of nitrogens with one attached hydrogen (secondary N) is 3. The zero-order chi connectivity index (χ0) is 46.9. The normalized spacial score (nSPS) is 17.8. The second kappa shape index (κ2) is 19.1. The number of nitrogens with zero attached hydrogens (tertiary/aromatic N) is 4. The first-order chi connectivity index (χ1) is 29.9. The standard InChI is InChI=1S/C45H55ClF3N7O6S2/c1-8-56(30-14-12-27(13-15-30)40(59)53-44(4,5)42(60)50-20-21-54(6)7)64(61,62)32-11-9-10-28(22-32)39(58)52-41-37(33-18-19-43(2,3)24-36(33)63-41)38(57)29-25-51-55(26-29)31-16-17-35(46)34(23-31)45(47,48)49/h9-11,16-17,22-23,25-27,30H,8,12-15,18-21,24H2,1-7H3,(H,50,60)(H,52,58)(H,53,59). The van der Waals surface area contributed by atoms with Crippen LogP contribution in [0.5, 0.6) is 0 Å². The van der Waals surface area contributed by atoms with E-state index in [1.54, 1.807) is 20.8 Å². The first-order valence-corrected chi connectivity index (χ1v) is 23.8. The summed E-state index contributed by atoms with van der Waals surface area (Å²) in [5.74, 6) is -2.06. The van der Waals surface area contributed by atoms with Crippen LogP contribution in [0.25, 0.3) is 5.69 Å². The van der Waals surface area contributed by atoms with E-state index in [2.05, 4.69) is 34.9 Å². The van der Waals surface area contributed by atoms with Crippen LogP contribution < -0.4 is 16.0 Å². The number of hydrogen-bond donors (Lipinski definition) is 3. The van der Waals surface area contributed by atoms with Crippen molar-refractivity contribution in [1.29, 1.82) is 0 Å². The van der Waals surface area contributed by atoms with E-state index in [1.807, 2.05) is 19.0 Å². The number of anilines is 1. The van der Waals surface area contributed by atoms with Gasteiger partial charge in [0, 0.05) is 48.2 Å². The van der Waals surface area contributed by atoms with Crippen molar-refractivity contribution < 1.29 is 40.8 Å². The summed E-state index contributed by atoms with van der Waals surface area (Å²) in [6, 6.07) is 8.63. The SMILES string of the molecule is CCN(C1CCC(C(=O)NC(C)(C)C(=O)NCCN(C)C)CC1)S(=O)(=O)c1cccc(C(=O)Nc2sc3c(c2C(=O)c2cnn(-c4ccc(Cl)c(C(F)(F)F)c4)c2)CCC(C)(C)C3)c1. The van der Waals surface area contributed by atoms with Gasteiger partial charge in [-0.25, -0.2) is 13.1 Å². The smallest absolute Gasteiger partial charge is 0.353 e. The van der Waals surface area contributed by atoms with E-state index in [0.717, 1.165) is 33.7 Å². The molecule has 0 radical (unpaired) electrons. The Morgan fingerprint density at radius 1 is 1.02 bits per heavy atom. The zero-order valence-corrected chi connectivity index (χ0v) is 39.4. The van der Waals surface area contributed by atoms with E-state index in [-0.39, 0.29) is 56.0 Å². The number of carbonyl (C=O) groups is 4. The van der Waals surface area contributed by atoms with Crippen molar-refractivity contribution >= 4 is 61.5 Å². The second-order valence-corrected chi connectivity index (χ2v) is 21.5. The largest absolute Gasteiger partial charge is 0.417 e. The predicted molar refractivity (Wildman–Crippen MR) is 241 cm³/mol. The number of carbonyl (C=O) groups excluding carboxylic acids is 4. The maximum absolute atomic E-state index is 14.3. The van der Waals surface area contributed by atoms with Gasteiger partial charge < -0.3 is 20.9 Å². The second-order valence-electron chi connectivity index (χ2n) is 18.1. The van der Waals surface area contributed by atoms with Gasteiger partial charge in [-0.3, -0.25) is 19.2 Å². The molecule has 0 spiro atoms. The Morgan fingerprint density at radius 2 is 1.72 bits per heavy atom. The van der Waals surface area contributed by atoms with Crippen LogP contribution >= 0.6 is 22.9 Å². The summed E-state index contributed by atoms with van der Waals surface area (Å²) in [6.07, 6.45) is 1.54. The van der Waals surface area contributed by atoms with Gasteiger partial charge in [-0.2, -0.15) is 22.6 Å². The van der Waals surface area contributed by atoms with Crippen LogP contribution in [0.4, 0.5) is 18.2 Å². The minimum absolute atomic E-state index is 0.0447. The molecule has 13 nitrogen and oxygen atoms in total. The maximum atomic E-state index is 14.3. The maximum Gasteiger partial charge on any atom is 0.417 e. The fourth-order valence-corrected chi connectivity index (χ4v) is 11.7. The highest BCUT2D eigenvalue weighted by Gasteiger charge is 2.39. The molecule has 2 heterocycles. The Bertz CT molecular complexity index is 2530. The van der Waals surface area contributed by atoms with Crippen LogP contribution in [0.2, 0.25) is 5.02 Å². The van der Waals surface area contributed by atoms with E-state index >= 15 is 0 Å². The minimum atomic E-state index is -4.71. The molecule has 3 N–H and O–H groups in total. The molecule has 0 aliphatic heterocycles. The van der Waals surface area contributed by atoms with Crippen molar-refractivity contribution in [3.05, 3.63) is 92.6 Å². The third-order valence-corrected chi connectivity index (χ3v) is 15.4. The van der Waals surface area contributed by atoms with Gasteiger partial charge in [-0.15, -0.1) is 11.3 Å². The van der Waals surface area contributed by atoms with Crippen LogP contribution in [-0.4, -0.2) is 96.2 Å². The molecule has 1 saturated carbocycles. The van der Waals surface area contributed by atoms with Crippen molar-refractivity contribution in [2.24, 2.45) is 11.3 Å². The van der Waals surface area contributed by atoms with Gasteiger partial charge in [-0.1, -0.05) is 38.4 Å². The number of rotatable bonds is 15. The number of likely N-dealkylation sites (N-methyl/N-ethyl adjacent to an activating group) is 1. The van der Waals surface area contributed by atoms with Gasteiger partial charge in [0.1, 0.15) is 10.5 Å². The Kier molecular flexibility index (Phi) is 14.6. The summed E-state index contributed by atoms with van der Waals surface area (Å²) < 4.78 is 71.9. The number of thiophene rings is 1. The first kappa shape index (κ1) is 48.8. The van der Waals surface area contributed by atoms with Crippen LogP contribution in [-0.2, 0) is 38.6 Å². The van der Waals surface area contributed by atoms with Gasteiger partial charge in [0.05, 0.1) is 38.5 Å². The third kappa shape index (κ3) is 10.9. The average molecular weight is 947 g/mol. The highest BCUT2D eigenvalue weighted by atomic mass is 35.5. The molecule has 19 heteroatoms. The molecule has 346 valence electrons. The zero-order valence-electron chi connectivity index (χ0n) is 37.0. The molecule has 0 unspecified atom stereocenters. The molecule has 1 fully saturated rings. The molecule has 3 amide bonds. The van der Waals surface area contributed by atoms with Gasteiger partial charge in [-0.05, 0) is 120 Å². The number of hydrogen-bond acceptors (Lipinski definition) is 9. The molecule has 2 aromatic carbocycles. The molecule has 0 saturated heterocycles. The molecule has 64 heavy (non-hydrogen) atoms. The van der Waals surface area contributed by atoms with Crippen molar-refractivity contribution in [3.8, 4) is 5.69 Å². The molecular formula is C45H55ClF3N7O6S2. The highest BCUT2D eigenvalue weighted by molar-refractivity contribution is 7.89. The summed E-state index contributed by atoms with van der Waals surface area (Å²) in [6.45, 7) is 10.5.